The zero-order valence-electron chi connectivity index (χ0n) is 19.9. The van der Waals surface area contributed by atoms with E-state index >= 15 is 0 Å². The predicted octanol–water partition coefficient (Wildman–Crippen LogP) is 3.92. The van der Waals surface area contributed by atoms with Crippen LogP contribution in [0.4, 0.5) is 0 Å². The lowest BCUT2D eigenvalue weighted by Gasteiger charge is -2.28. The van der Waals surface area contributed by atoms with Crippen LogP contribution in [-0.4, -0.2) is 43.8 Å². The summed E-state index contributed by atoms with van der Waals surface area (Å²) in [5, 5.41) is 1.33. The van der Waals surface area contributed by atoms with E-state index in [1.807, 2.05) is 12.1 Å². The molecular weight excluding hydrogens is 452 g/mol. The molecule has 174 valence electrons. The molecular formula is C25H30N2O4SSi. The molecule has 1 N–H and O–H groups in total. The van der Waals surface area contributed by atoms with Gasteiger partial charge in [0, 0.05) is 19.2 Å². The standard InChI is InChI=1S/C25H30N2O4SSi/c1-16-23(32-25(30)26-16)24(29)27(2)22(18-9-11-19(31-3)12-10-18)21(28)15-17-7-13-20(14-8-17)33(4,5)6/h7-14,22H,15H2,1-6H3,(H,26,30). The number of carbonyl (C=O) groups is 2. The highest BCUT2D eigenvalue weighted by molar-refractivity contribution is 7.11. The van der Waals surface area contributed by atoms with Crippen LogP contribution in [0, 0.1) is 6.92 Å². The first kappa shape index (κ1) is 24.7. The topological polar surface area (TPSA) is 79.5 Å². The molecule has 0 aliphatic heterocycles. The summed E-state index contributed by atoms with van der Waals surface area (Å²) in [7, 11) is 1.75. The van der Waals surface area contributed by atoms with Gasteiger partial charge in [-0.25, -0.2) is 0 Å². The van der Waals surface area contributed by atoms with E-state index in [1.165, 1.54) is 10.1 Å². The molecule has 0 aliphatic rings. The highest BCUT2D eigenvalue weighted by Crippen LogP contribution is 2.27. The smallest absolute Gasteiger partial charge is 0.305 e. The average molecular weight is 483 g/mol. The van der Waals surface area contributed by atoms with Crippen LogP contribution < -0.4 is 14.8 Å². The number of aromatic nitrogens is 1. The summed E-state index contributed by atoms with van der Waals surface area (Å²) in [6.07, 6.45) is 0.197. The molecule has 8 heteroatoms. The van der Waals surface area contributed by atoms with Gasteiger partial charge in [0.15, 0.2) is 5.78 Å². The number of methoxy groups -OCH3 is 1. The SMILES string of the molecule is COc1ccc(C(C(=O)Cc2ccc([Si](C)(C)C)cc2)N(C)C(=O)c2sc(=O)[nH]c2C)cc1. The van der Waals surface area contributed by atoms with E-state index in [0.717, 1.165) is 16.9 Å². The van der Waals surface area contributed by atoms with Gasteiger partial charge in [0.05, 0.1) is 15.2 Å². The molecule has 1 unspecified atom stereocenters. The fraction of sp³-hybridized carbons (Fsp3) is 0.320. The van der Waals surface area contributed by atoms with Crippen LogP contribution in [0.2, 0.25) is 19.6 Å². The number of aromatic amines is 1. The summed E-state index contributed by atoms with van der Waals surface area (Å²) in [6.45, 7) is 8.53. The van der Waals surface area contributed by atoms with E-state index in [-0.39, 0.29) is 23.0 Å². The number of carbonyl (C=O) groups excluding carboxylic acids is 2. The minimum atomic E-state index is -1.43. The number of H-pyrrole nitrogens is 1. The molecule has 2 aromatic carbocycles. The van der Waals surface area contributed by atoms with Crippen molar-refractivity contribution in [3.63, 3.8) is 0 Å². The van der Waals surface area contributed by atoms with Gasteiger partial charge in [-0.1, -0.05) is 72.6 Å². The molecule has 1 amide bonds. The van der Waals surface area contributed by atoms with Gasteiger partial charge in [-0.05, 0) is 30.2 Å². The van der Waals surface area contributed by atoms with Crippen molar-refractivity contribution in [1.29, 1.82) is 0 Å². The van der Waals surface area contributed by atoms with Crippen LogP contribution in [-0.2, 0) is 11.2 Å². The van der Waals surface area contributed by atoms with Crippen LogP contribution in [0.25, 0.3) is 0 Å². The Labute approximate surface area is 199 Å². The summed E-state index contributed by atoms with van der Waals surface area (Å²) in [5.41, 5.74) is 2.10. The number of hydrogen-bond donors (Lipinski definition) is 1. The second kappa shape index (κ2) is 9.89. The molecule has 0 bridgehead atoms. The van der Waals surface area contributed by atoms with Gasteiger partial charge < -0.3 is 14.6 Å². The molecule has 1 atom stereocenters. The molecule has 33 heavy (non-hydrogen) atoms. The molecule has 0 saturated carbocycles. The molecule has 6 nitrogen and oxygen atoms in total. The molecule has 0 fully saturated rings. The number of benzene rings is 2. The van der Waals surface area contributed by atoms with Gasteiger partial charge >= 0.3 is 4.87 Å². The Morgan fingerprint density at radius 3 is 2.15 bits per heavy atom. The third-order valence-corrected chi connectivity index (χ3v) is 8.70. The maximum Gasteiger partial charge on any atom is 0.305 e. The van der Waals surface area contributed by atoms with E-state index in [1.54, 1.807) is 45.3 Å². The molecule has 0 saturated heterocycles. The normalized spacial score (nSPS) is 12.3. The van der Waals surface area contributed by atoms with Crippen LogP contribution in [0.15, 0.2) is 53.3 Å². The quantitative estimate of drug-likeness (QED) is 0.494. The molecule has 3 aromatic rings. The van der Waals surface area contributed by atoms with E-state index in [0.29, 0.717) is 21.9 Å². The summed E-state index contributed by atoms with van der Waals surface area (Å²) >= 11 is 0.859. The third kappa shape index (κ3) is 5.69. The summed E-state index contributed by atoms with van der Waals surface area (Å²) < 4.78 is 5.24. The predicted molar refractivity (Wildman–Crippen MR) is 136 cm³/mol. The first-order valence-corrected chi connectivity index (χ1v) is 15.1. The lowest BCUT2D eigenvalue weighted by molar-refractivity contribution is -0.122. The lowest BCUT2D eigenvalue weighted by atomic mass is 9.96. The Morgan fingerprint density at radius 1 is 1.06 bits per heavy atom. The molecule has 0 radical (unpaired) electrons. The van der Waals surface area contributed by atoms with Crippen molar-refractivity contribution in [2.45, 2.75) is 39.0 Å². The second-order valence-corrected chi connectivity index (χ2v) is 15.2. The number of Topliss-reactive ketones (excluding diaryl/α,β-unsaturated/α-hetero) is 1. The monoisotopic (exact) mass is 482 g/mol. The Kier molecular flexibility index (Phi) is 7.39. The van der Waals surface area contributed by atoms with Gasteiger partial charge in [-0.2, -0.15) is 0 Å². The number of ketones is 1. The van der Waals surface area contributed by atoms with Crippen molar-refractivity contribution in [3.8, 4) is 5.75 Å². The highest BCUT2D eigenvalue weighted by atomic mass is 32.1. The highest BCUT2D eigenvalue weighted by Gasteiger charge is 2.31. The summed E-state index contributed by atoms with van der Waals surface area (Å²) in [4.78, 5) is 42.6. The van der Waals surface area contributed by atoms with Crippen LogP contribution in [0.3, 0.4) is 0 Å². The van der Waals surface area contributed by atoms with Crippen molar-refractivity contribution in [1.82, 2.24) is 9.88 Å². The number of thiazole rings is 1. The van der Waals surface area contributed by atoms with Crippen LogP contribution in [0.5, 0.6) is 5.75 Å². The van der Waals surface area contributed by atoms with E-state index in [2.05, 4.69) is 36.8 Å². The van der Waals surface area contributed by atoms with Gasteiger partial charge in [0.25, 0.3) is 5.91 Å². The Bertz CT molecular complexity index is 1190. The molecule has 1 heterocycles. The fourth-order valence-corrected chi connectivity index (χ4v) is 5.71. The van der Waals surface area contributed by atoms with Crippen LogP contribution >= 0.6 is 11.3 Å². The first-order valence-electron chi connectivity index (χ1n) is 10.7. The fourth-order valence-electron chi connectivity index (χ4n) is 3.72. The number of likely N-dealkylation sites (N-methyl/N-ethyl adjacent to an activating group) is 1. The lowest BCUT2D eigenvalue weighted by Crippen LogP contribution is -2.38. The first-order chi connectivity index (χ1) is 15.5. The van der Waals surface area contributed by atoms with Gasteiger partial charge in [0.1, 0.15) is 16.7 Å². The van der Waals surface area contributed by atoms with Crippen molar-refractivity contribution in [3.05, 3.63) is 79.9 Å². The number of rotatable bonds is 8. The molecule has 0 spiro atoms. The number of amides is 1. The molecule has 3 rings (SSSR count). The average Bonchev–Trinajstić information content (AvgIpc) is 3.11. The van der Waals surface area contributed by atoms with Crippen LogP contribution in [0.1, 0.15) is 32.5 Å². The number of aryl methyl sites for hydroxylation is 1. The maximum atomic E-state index is 13.5. The number of nitrogens with one attached hydrogen (secondary N) is 1. The van der Waals surface area contributed by atoms with E-state index in [4.69, 9.17) is 4.74 Å². The number of ether oxygens (including phenoxy) is 1. The Hall–Kier alpha value is -2.97. The minimum Gasteiger partial charge on any atom is -0.497 e. The zero-order chi connectivity index (χ0) is 24.3. The molecule has 1 aromatic heterocycles. The van der Waals surface area contributed by atoms with Crippen molar-refractivity contribution in [2.24, 2.45) is 0 Å². The van der Waals surface area contributed by atoms with E-state index in [9.17, 15) is 14.4 Å². The zero-order valence-corrected chi connectivity index (χ0v) is 21.7. The largest absolute Gasteiger partial charge is 0.497 e. The summed E-state index contributed by atoms with van der Waals surface area (Å²) in [6, 6.07) is 14.6. The summed E-state index contributed by atoms with van der Waals surface area (Å²) in [5.74, 6) is 0.206. The van der Waals surface area contributed by atoms with Gasteiger partial charge in [0.2, 0.25) is 0 Å². The van der Waals surface area contributed by atoms with E-state index < -0.39 is 14.1 Å². The second-order valence-electron chi connectivity index (χ2n) is 9.15. The number of hydrogen-bond acceptors (Lipinski definition) is 5. The Balaban J connectivity index is 1.93. The minimum absolute atomic E-state index is 0.0997. The third-order valence-electron chi connectivity index (χ3n) is 5.66. The molecule has 0 aliphatic carbocycles. The van der Waals surface area contributed by atoms with Gasteiger partial charge in [-0.3, -0.25) is 14.4 Å². The van der Waals surface area contributed by atoms with Crippen molar-refractivity contribution < 1.29 is 14.3 Å². The number of nitrogens with zero attached hydrogens (tertiary/aromatic N) is 1. The van der Waals surface area contributed by atoms with Crippen molar-refractivity contribution >= 4 is 36.3 Å². The maximum absolute atomic E-state index is 13.5. The van der Waals surface area contributed by atoms with Crippen molar-refractivity contribution in [2.75, 3.05) is 14.2 Å². The Morgan fingerprint density at radius 2 is 1.67 bits per heavy atom. The van der Waals surface area contributed by atoms with Gasteiger partial charge in [-0.15, -0.1) is 0 Å².